The van der Waals surface area contributed by atoms with Crippen LogP contribution in [0.5, 0.6) is 0 Å². The first kappa shape index (κ1) is 14.5. The molecule has 5 nitrogen and oxygen atoms in total. The van der Waals surface area contributed by atoms with Gasteiger partial charge in [-0.05, 0) is 24.5 Å². The first-order valence-corrected chi connectivity index (χ1v) is 7.70. The second-order valence-corrected chi connectivity index (χ2v) is 6.48. The maximum Gasteiger partial charge on any atom is 0.230 e. The van der Waals surface area contributed by atoms with Gasteiger partial charge in [0.25, 0.3) is 0 Å². The summed E-state index contributed by atoms with van der Waals surface area (Å²) in [6, 6.07) is 3.68. The highest BCUT2D eigenvalue weighted by atomic mass is 16.5. The molecular formula is C16H23N3O2. The number of anilines is 1. The Kier molecular flexibility index (Phi) is 4.22. The lowest BCUT2D eigenvalue weighted by Crippen LogP contribution is -2.45. The van der Waals surface area contributed by atoms with Crippen LogP contribution in [0, 0.1) is 11.8 Å². The van der Waals surface area contributed by atoms with Crippen molar-refractivity contribution in [3.05, 3.63) is 24.5 Å². The fourth-order valence-corrected chi connectivity index (χ4v) is 3.35. The number of nitrogens with one attached hydrogen (secondary N) is 1. The molecule has 1 aromatic heterocycles. The number of hydrogen-bond donors (Lipinski definition) is 1. The normalized spacial score (nSPS) is 28.8. The molecule has 0 aromatic carbocycles. The molecule has 3 heterocycles. The van der Waals surface area contributed by atoms with E-state index in [0.29, 0.717) is 5.92 Å². The smallest absolute Gasteiger partial charge is 0.230 e. The van der Waals surface area contributed by atoms with Crippen LogP contribution in [0.2, 0.25) is 0 Å². The SMILES string of the molecule is CC(C)CN1C[C@@H]2C[C@H](C(=O)Nc3cccnc3)[C@H](C1)O2. The van der Waals surface area contributed by atoms with Crippen LogP contribution in [-0.4, -0.2) is 47.6 Å². The molecule has 1 amide bonds. The molecule has 0 saturated carbocycles. The molecule has 1 N–H and O–H groups in total. The Labute approximate surface area is 125 Å². The number of pyridine rings is 1. The average molecular weight is 289 g/mol. The van der Waals surface area contributed by atoms with Crippen molar-refractivity contribution in [3.8, 4) is 0 Å². The number of nitrogens with zero attached hydrogens (tertiary/aromatic N) is 2. The van der Waals surface area contributed by atoms with E-state index in [1.54, 1.807) is 12.4 Å². The number of ether oxygens (including phenoxy) is 1. The number of amides is 1. The van der Waals surface area contributed by atoms with Gasteiger partial charge in [0.15, 0.2) is 0 Å². The number of carbonyl (C=O) groups excluding carboxylic acids is 1. The van der Waals surface area contributed by atoms with Gasteiger partial charge in [-0.3, -0.25) is 14.7 Å². The van der Waals surface area contributed by atoms with Gasteiger partial charge in [-0.25, -0.2) is 0 Å². The topological polar surface area (TPSA) is 54.5 Å². The zero-order chi connectivity index (χ0) is 14.8. The maximum absolute atomic E-state index is 12.4. The maximum atomic E-state index is 12.4. The van der Waals surface area contributed by atoms with Crippen LogP contribution in [0.1, 0.15) is 20.3 Å². The quantitative estimate of drug-likeness (QED) is 0.918. The Balaban J connectivity index is 1.61. The Morgan fingerprint density at radius 3 is 3.10 bits per heavy atom. The molecule has 21 heavy (non-hydrogen) atoms. The van der Waals surface area contributed by atoms with Gasteiger partial charge in [0.1, 0.15) is 0 Å². The van der Waals surface area contributed by atoms with Gasteiger partial charge in [-0.1, -0.05) is 13.8 Å². The number of rotatable bonds is 4. The first-order valence-electron chi connectivity index (χ1n) is 7.70. The monoisotopic (exact) mass is 289 g/mol. The van der Waals surface area contributed by atoms with Crippen molar-refractivity contribution < 1.29 is 9.53 Å². The number of hydrogen-bond acceptors (Lipinski definition) is 4. The van der Waals surface area contributed by atoms with Crippen LogP contribution in [0.3, 0.4) is 0 Å². The second kappa shape index (κ2) is 6.12. The number of fused-ring (bicyclic) bond motifs is 2. The van der Waals surface area contributed by atoms with Crippen molar-refractivity contribution in [3.63, 3.8) is 0 Å². The summed E-state index contributed by atoms with van der Waals surface area (Å²) in [4.78, 5) is 18.9. The molecule has 5 heteroatoms. The lowest BCUT2D eigenvalue weighted by Gasteiger charge is -2.33. The molecule has 2 saturated heterocycles. The lowest BCUT2D eigenvalue weighted by molar-refractivity contribution is -0.123. The molecule has 114 valence electrons. The summed E-state index contributed by atoms with van der Waals surface area (Å²) in [6.07, 6.45) is 4.42. The van der Waals surface area contributed by atoms with Gasteiger partial charge in [-0.15, -0.1) is 0 Å². The third-order valence-corrected chi connectivity index (χ3v) is 4.12. The number of morpholine rings is 1. The highest BCUT2D eigenvalue weighted by Crippen LogP contribution is 2.33. The van der Waals surface area contributed by atoms with Crippen molar-refractivity contribution in [1.29, 1.82) is 0 Å². The standard InChI is InChI=1S/C16H23N3O2/c1-11(2)8-19-9-13-6-14(15(10-19)21-13)16(20)18-12-4-3-5-17-7-12/h3-5,7,11,13-15H,6,8-10H2,1-2H3,(H,18,20)/t13-,14-,15-/m0/s1. The molecule has 2 aliphatic rings. The fourth-order valence-electron chi connectivity index (χ4n) is 3.35. The van der Waals surface area contributed by atoms with E-state index in [1.807, 2.05) is 12.1 Å². The van der Waals surface area contributed by atoms with Crippen molar-refractivity contribution in [2.75, 3.05) is 25.0 Å². The van der Waals surface area contributed by atoms with Gasteiger partial charge in [0.05, 0.1) is 30.0 Å². The molecular weight excluding hydrogens is 266 g/mol. The van der Waals surface area contributed by atoms with E-state index in [0.717, 1.165) is 31.7 Å². The molecule has 1 aromatic rings. The largest absolute Gasteiger partial charge is 0.371 e. The Bertz CT molecular complexity index is 492. The molecule has 3 rings (SSSR count). The summed E-state index contributed by atoms with van der Waals surface area (Å²) in [5.41, 5.74) is 0.753. The number of carbonyl (C=O) groups is 1. The van der Waals surface area contributed by atoms with Crippen molar-refractivity contribution in [1.82, 2.24) is 9.88 Å². The molecule has 0 aliphatic carbocycles. The summed E-state index contributed by atoms with van der Waals surface area (Å²) in [6.45, 7) is 7.34. The van der Waals surface area contributed by atoms with Crippen LogP contribution < -0.4 is 5.32 Å². The number of aromatic nitrogens is 1. The minimum atomic E-state index is -0.0487. The minimum Gasteiger partial charge on any atom is -0.371 e. The van der Waals surface area contributed by atoms with Gasteiger partial charge in [-0.2, -0.15) is 0 Å². The molecule has 0 spiro atoms. The molecule has 3 atom stereocenters. The van der Waals surface area contributed by atoms with Gasteiger partial charge < -0.3 is 10.1 Å². The van der Waals surface area contributed by atoms with E-state index in [4.69, 9.17) is 4.74 Å². The first-order chi connectivity index (χ1) is 10.1. The Morgan fingerprint density at radius 2 is 2.38 bits per heavy atom. The summed E-state index contributed by atoms with van der Waals surface area (Å²) < 4.78 is 5.96. The van der Waals surface area contributed by atoms with Crippen LogP contribution in [0.15, 0.2) is 24.5 Å². The van der Waals surface area contributed by atoms with Gasteiger partial charge >= 0.3 is 0 Å². The van der Waals surface area contributed by atoms with E-state index in [1.165, 1.54) is 0 Å². The third-order valence-electron chi connectivity index (χ3n) is 4.12. The lowest BCUT2D eigenvalue weighted by atomic mass is 9.99. The predicted octanol–water partition coefficient (Wildman–Crippen LogP) is 1.77. The highest BCUT2D eigenvalue weighted by Gasteiger charge is 2.44. The summed E-state index contributed by atoms with van der Waals surface area (Å²) in [7, 11) is 0. The van der Waals surface area contributed by atoms with Crippen molar-refractivity contribution in [2.45, 2.75) is 32.5 Å². The Hall–Kier alpha value is -1.46. The molecule has 0 unspecified atom stereocenters. The minimum absolute atomic E-state index is 0.0270. The van der Waals surface area contributed by atoms with Crippen LogP contribution >= 0.6 is 0 Å². The molecule has 2 bridgehead atoms. The van der Waals surface area contributed by atoms with Crippen molar-refractivity contribution >= 4 is 11.6 Å². The average Bonchev–Trinajstić information content (AvgIpc) is 2.74. The van der Waals surface area contributed by atoms with Crippen molar-refractivity contribution in [2.24, 2.45) is 11.8 Å². The second-order valence-electron chi connectivity index (χ2n) is 6.48. The fraction of sp³-hybridized carbons (Fsp3) is 0.625. The van der Waals surface area contributed by atoms with E-state index in [-0.39, 0.29) is 24.0 Å². The third kappa shape index (κ3) is 3.41. The van der Waals surface area contributed by atoms with Gasteiger partial charge in [0.2, 0.25) is 5.91 Å². The Morgan fingerprint density at radius 1 is 1.52 bits per heavy atom. The summed E-state index contributed by atoms with van der Waals surface area (Å²) >= 11 is 0. The van der Waals surface area contributed by atoms with Gasteiger partial charge in [0, 0.05) is 25.8 Å². The zero-order valence-electron chi connectivity index (χ0n) is 12.7. The van der Waals surface area contributed by atoms with Crippen LogP contribution in [0.25, 0.3) is 0 Å². The van der Waals surface area contributed by atoms with E-state index in [2.05, 4.69) is 29.0 Å². The highest BCUT2D eigenvalue weighted by molar-refractivity contribution is 5.93. The summed E-state index contributed by atoms with van der Waals surface area (Å²) in [5.74, 6) is 0.652. The van der Waals surface area contributed by atoms with E-state index >= 15 is 0 Å². The number of likely N-dealkylation sites (tertiary alicyclic amines) is 1. The van der Waals surface area contributed by atoms with Crippen LogP contribution in [0.4, 0.5) is 5.69 Å². The van der Waals surface area contributed by atoms with Crippen LogP contribution in [-0.2, 0) is 9.53 Å². The van der Waals surface area contributed by atoms with E-state index in [9.17, 15) is 4.79 Å². The van der Waals surface area contributed by atoms with E-state index < -0.39 is 0 Å². The molecule has 2 aliphatic heterocycles. The predicted molar refractivity (Wildman–Crippen MR) is 80.9 cm³/mol. The molecule has 0 radical (unpaired) electrons. The summed E-state index contributed by atoms with van der Waals surface area (Å²) in [5, 5.41) is 2.95. The zero-order valence-corrected chi connectivity index (χ0v) is 12.7. The molecule has 2 fully saturated rings.